The van der Waals surface area contributed by atoms with Gasteiger partial charge in [0.1, 0.15) is 11.2 Å². The van der Waals surface area contributed by atoms with Crippen molar-refractivity contribution in [3.8, 4) is 0 Å². The Kier molecular flexibility index (Phi) is 3.49. The minimum absolute atomic E-state index is 0.235. The first-order valence-electron chi connectivity index (χ1n) is 5.75. The van der Waals surface area contributed by atoms with E-state index < -0.39 is 21.0 Å². The van der Waals surface area contributed by atoms with Gasteiger partial charge in [0.15, 0.2) is 9.84 Å². The van der Waals surface area contributed by atoms with Gasteiger partial charge in [-0.05, 0) is 56.5 Å². The zero-order chi connectivity index (χ0) is 12.5. The zero-order valence-corrected chi connectivity index (χ0v) is 10.6. The minimum atomic E-state index is -3.39. The number of rotatable bonds is 2. The summed E-state index contributed by atoms with van der Waals surface area (Å²) in [6.45, 7) is 2.35. The van der Waals surface area contributed by atoms with E-state index >= 15 is 0 Å². The highest BCUT2D eigenvalue weighted by molar-refractivity contribution is 7.92. The molecule has 0 aromatic heterocycles. The maximum Gasteiger partial charge on any atom is 0.194 e. The van der Waals surface area contributed by atoms with E-state index in [9.17, 15) is 12.8 Å². The van der Waals surface area contributed by atoms with Crippen LogP contribution in [0.2, 0.25) is 0 Å². The topological polar surface area (TPSA) is 46.2 Å². The molecule has 0 radical (unpaired) electrons. The summed E-state index contributed by atoms with van der Waals surface area (Å²) < 4.78 is 37.6. The van der Waals surface area contributed by atoms with Gasteiger partial charge in [-0.1, -0.05) is 0 Å². The molecule has 0 saturated carbocycles. The highest BCUT2D eigenvalue weighted by atomic mass is 32.2. The molecule has 1 unspecified atom stereocenters. The van der Waals surface area contributed by atoms with Crippen molar-refractivity contribution in [3.05, 3.63) is 29.6 Å². The number of hydrogen-bond acceptors (Lipinski definition) is 3. The monoisotopic (exact) mass is 257 g/mol. The Bertz CT molecular complexity index is 507. The number of halogens is 1. The van der Waals surface area contributed by atoms with Crippen LogP contribution in [0.4, 0.5) is 4.39 Å². The van der Waals surface area contributed by atoms with Gasteiger partial charge in [0.2, 0.25) is 0 Å². The lowest BCUT2D eigenvalue weighted by atomic mass is 10.2. The van der Waals surface area contributed by atoms with Crippen molar-refractivity contribution in [2.75, 3.05) is 6.54 Å². The van der Waals surface area contributed by atoms with Crippen LogP contribution in [0.1, 0.15) is 24.8 Å². The molecule has 0 spiro atoms. The molecule has 1 N–H and O–H groups in total. The maximum absolute atomic E-state index is 13.0. The van der Waals surface area contributed by atoms with Crippen molar-refractivity contribution in [1.29, 1.82) is 0 Å². The van der Waals surface area contributed by atoms with Crippen molar-refractivity contribution in [2.45, 2.75) is 36.5 Å². The first-order chi connectivity index (χ1) is 8.01. The molecule has 1 aromatic rings. The van der Waals surface area contributed by atoms with Gasteiger partial charge >= 0.3 is 0 Å². The first-order valence-corrected chi connectivity index (χ1v) is 7.30. The van der Waals surface area contributed by atoms with Crippen molar-refractivity contribution in [2.24, 2.45) is 0 Å². The third-order valence-electron chi connectivity index (χ3n) is 3.08. The quantitative estimate of drug-likeness (QED) is 0.824. The molecule has 1 heterocycles. The van der Waals surface area contributed by atoms with Gasteiger partial charge in [0, 0.05) is 0 Å². The second kappa shape index (κ2) is 4.74. The van der Waals surface area contributed by atoms with E-state index in [0.29, 0.717) is 12.0 Å². The average molecular weight is 257 g/mol. The third kappa shape index (κ3) is 2.50. The normalized spacial score (nSPS) is 21.4. The van der Waals surface area contributed by atoms with Crippen molar-refractivity contribution < 1.29 is 12.8 Å². The van der Waals surface area contributed by atoms with Crippen LogP contribution in [0.15, 0.2) is 23.1 Å². The van der Waals surface area contributed by atoms with E-state index in [1.54, 1.807) is 6.92 Å². The van der Waals surface area contributed by atoms with E-state index in [1.807, 2.05) is 0 Å². The SMILES string of the molecule is Cc1cc(F)ccc1S(=O)(=O)C1CCCCN1. The van der Waals surface area contributed by atoms with Gasteiger partial charge in [-0.2, -0.15) is 0 Å². The fourth-order valence-electron chi connectivity index (χ4n) is 2.17. The molecular formula is C12H16FNO2S. The molecule has 1 aliphatic rings. The van der Waals surface area contributed by atoms with Crippen LogP contribution in [0.25, 0.3) is 0 Å². The summed E-state index contributed by atoms with van der Waals surface area (Å²) in [4.78, 5) is 0.235. The lowest BCUT2D eigenvalue weighted by Crippen LogP contribution is -2.40. The molecule has 1 fully saturated rings. The fraction of sp³-hybridized carbons (Fsp3) is 0.500. The largest absolute Gasteiger partial charge is 0.301 e. The minimum Gasteiger partial charge on any atom is -0.301 e. The van der Waals surface area contributed by atoms with Crippen LogP contribution < -0.4 is 5.32 Å². The molecule has 0 amide bonds. The predicted octanol–water partition coefficient (Wildman–Crippen LogP) is 2.01. The molecule has 94 valence electrons. The third-order valence-corrected chi connectivity index (χ3v) is 5.31. The first kappa shape index (κ1) is 12.5. The molecule has 2 rings (SSSR count). The van der Waals surface area contributed by atoms with Gasteiger partial charge < -0.3 is 5.32 Å². The lowest BCUT2D eigenvalue weighted by Gasteiger charge is -2.24. The summed E-state index contributed by atoms with van der Waals surface area (Å²) in [5, 5.41) is 2.49. The van der Waals surface area contributed by atoms with E-state index in [0.717, 1.165) is 19.4 Å². The predicted molar refractivity (Wildman–Crippen MR) is 64.0 cm³/mol. The second-order valence-electron chi connectivity index (χ2n) is 4.39. The molecule has 1 aromatic carbocycles. The number of nitrogens with one attached hydrogen (secondary N) is 1. The molecular weight excluding hydrogens is 241 g/mol. The average Bonchev–Trinajstić information content (AvgIpc) is 2.29. The Labute approximate surface area is 101 Å². The van der Waals surface area contributed by atoms with Crippen LogP contribution in [-0.2, 0) is 9.84 Å². The smallest absolute Gasteiger partial charge is 0.194 e. The molecule has 17 heavy (non-hydrogen) atoms. The Morgan fingerprint density at radius 3 is 2.71 bits per heavy atom. The van der Waals surface area contributed by atoms with Crippen LogP contribution >= 0.6 is 0 Å². The van der Waals surface area contributed by atoms with Gasteiger partial charge in [-0.3, -0.25) is 0 Å². The summed E-state index contributed by atoms with van der Waals surface area (Å²) in [7, 11) is -3.39. The zero-order valence-electron chi connectivity index (χ0n) is 9.74. The van der Waals surface area contributed by atoms with E-state index in [4.69, 9.17) is 0 Å². The fourth-order valence-corrected chi connectivity index (χ4v) is 4.06. The Balaban J connectivity index is 2.37. The molecule has 5 heteroatoms. The molecule has 1 saturated heterocycles. The van der Waals surface area contributed by atoms with Crippen LogP contribution in [0.5, 0.6) is 0 Å². The van der Waals surface area contributed by atoms with Crippen LogP contribution in [-0.4, -0.2) is 20.3 Å². The van der Waals surface area contributed by atoms with Crippen molar-refractivity contribution in [3.63, 3.8) is 0 Å². The standard InChI is InChI=1S/C12H16FNO2S/c1-9-8-10(13)5-6-11(9)17(15,16)12-4-2-3-7-14-12/h5-6,8,12,14H,2-4,7H2,1H3. The van der Waals surface area contributed by atoms with Gasteiger partial charge in [0.05, 0.1) is 4.90 Å². The lowest BCUT2D eigenvalue weighted by molar-refractivity contribution is 0.461. The molecule has 1 atom stereocenters. The number of benzene rings is 1. The Morgan fingerprint density at radius 2 is 2.12 bits per heavy atom. The van der Waals surface area contributed by atoms with E-state index in [1.165, 1.54) is 18.2 Å². The molecule has 0 aliphatic carbocycles. The highest BCUT2D eigenvalue weighted by Crippen LogP contribution is 2.24. The van der Waals surface area contributed by atoms with E-state index in [2.05, 4.69) is 5.32 Å². The summed E-state index contributed by atoms with van der Waals surface area (Å²) in [5.41, 5.74) is 0.470. The van der Waals surface area contributed by atoms with Crippen LogP contribution in [0.3, 0.4) is 0 Å². The van der Waals surface area contributed by atoms with Crippen molar-refractivity contribution in [1.82, 2.24) is 5.32 Å². The number of hydrogen-bond donors (Lipinski definition) is 1. The molecule has 0 bridgehead atoms. The van der Waals surface area contributed by atoms with Gasteiger partial charge in [0.25, 0.3) is 0 Å². The summed E-state index contributed by atoms with van der Waals surface area (Å²) in [6.07, 6.45) is 2.55. The van der Waals surface area contributed by atoms with Crippen molar-refractivity contribution >= 4 is 9.84 Å². The summed E-state index contributed by atoms with van der Waals surface area (Å²) in [5.74, 6) is -0.405. The van der Waals surface area contributed by atoms with Gasteiger partial charge in [-0.15, -0.1) is 0 Å². The van der Waals surface area contributed by atoms with E-state index in [-0.39, 0.29) is 4.90 Å². The Morgan fingerprint density at radius 1 is 1.35 bits per heavy atom. The molecule has 3 nitrogen and oxygen atoms in total. The summed E-state index contributed by atoms with van der Waals surface area (Å²) in [6, 6.07) is 3.81. The number of piperidine rings is 1. The van der Waals surface area contributed by atoms with Gasteiger partial charge in [-0.25, -0.2) is 12.8 Å². The summed E-state index contributed by atoms with van der Waals surface area (Å²) >= 11 is 0. The second-order valence-corrected chi connectivity index (χ2v) is 6.49. The highest BCUT2D eigenvalue weighted by Gasteiger charge is 2.29. The number of aryl methyl sites for hydroxylation is 1. The van der Waals surface area contributed by atoms with Crippen LogP contribution in [0, 0.1) is 12.7 Å². The Hall–Kier alpha value is -0.940. The maximum atomic E-state index is 13.0. The number of sulfone groups is 1. The molecule has 1 aliphatic heterocycles.